The molecule has 0 spiro atoms. The van der Waals surface area contributed by atoms with Gasteiger partial charge in [0, 0.05) is 0 Å². The molecule has 41 heteroatoms. The molecule has 0 aliphatic carbocycles. The zero-order valence-corrected chi connectivity index (χ0v) is 83.4. The average molecular weight is 1970 g/mol. The Morgan fingerprint density at radius 3 is 0.333 bits per heavy atom. The van der Waals surface area contributed by atoms with Crippen molar-refractivity contribution in [2.24, 2.45) is 5.41 Å². The van der Waals surface area contributed by atoms with Gasteiger partial charge in [-0.3, -0.25) is 0 Å². The number of hydrogen-bond acceptors (Lipinski definition) is 41. The fourth-order valence-corrected chi connectivity index (χ4v) is 11.2. The summed E-state index contributed by atoms with van der Waals surface area (Å²) >= 11 is 0. The van der Waals surface area contributed by atoms with E-state index < -0.39 is 0 Å². The van der Waals surface area contributed by atoms with E-state index in [9.17, 15) is 0 Å². The Hall–Kier alpha value is -2.58. The molecular formula is C94H182O41. The lowest BCUT2D eigenvalue weighted by molar-refractivity contribution is -0.0328. The molecule has 0 aliphatic rings. The van der Waals surface area contributed by atoms with E-state index in [-0.39, 0.29) is 17.4 Å². The van der Waals surface area contributed by atoms with Gasteiger partial charge in [0.15, 0.2) is 0 Å². The molecule has 0 unspecified atom stereocenters. The highest BCUT2D eigenvalue weighted by molar-refractivity contribution is 5.31. The summed E-state index contributed by atoms with van der Waals surface area (Å²) in [7, 11) is 0. The van der Waals surface area contributed by atoms with Crippen molar-refractivity contribution in [1.29, 1.82) is 0 Å². The lowest BCUT2D eigenvalue weighted by Gasteiger charge is -2.33. The third-order valence-electron chi connectivity index (χ3n) is 17.5. The lowest BCUT2D eigenvalue weighted by Crippen LogP contribution is -2.24. The van der Waals surface area contributed by atoms with Crippen LogP contribution in [0.25, 0.3) is 0 Å². The van der Waals surface area contributed by atoms with Crippen LogP contribution in [0.5, 0.6) is 5.75 Å². The third-order valence-corrected chi connectivity index (χ3v) is 17.5. The first-order valence-electron chi connectivity index (χ1n) is 48.6. The van der Waals surface area contributed by atoms with Crippen LogP contribution in [0.1, 0.15) is 46.6 Å². The molecule has 0 atom stereocenters. The molecule has 0 aliphatic heterocycles. The largest absolute Gasteiger partial charge is 0.491 e. The average Bonchev–Trinajstić information content (AvgIpc) is 0.825. The molecular weight excluding hydrogens is 1780 g/mol. The molecule has 0 radical (unpaired) electrons. The summed E-state index contributed by atoms with van der Waals surface area (Å²) in [5.41, 5.74) is 1.70. The molecule has 0 fully saturated rings. The third kappa shape index (κ3) is 112. The monoisotopic (exact) mass is 1970 g/mol. The van der Waals surface area contributed by atoms with Crippen molar-refractivity contribution in [2.75, 3.05) is 529 Å². The van der Waals surface area contributed by atoms with Gasteiger partial charge < -0.3 is 195 Å². The molecule has 804 valence electrons. The molecule has 0 bridgehead atoms. The van der Waals surface area contributed by atoms with E-state index in [0.717, 1.165) is 12.2 Å². The van der Waals surface area contributed by atoms with Gasteiger partial charge in [-0.05, 0) is 34.9 Å². The van der Waals surface area contributed by atoms with E-state index in [1.54, 1.807) is 0 Å². The second kappa shape index (κ2) is 113. The maximum Gasteiger partial charge on any atom is 0.119 e. The first-order valence-corrected chi connectivity index (χ1v) is 48.6. The van der Waals surface area contributed by atoms with Gasteiger partial charge >= 0.3 is 0 Å². The van der Waals surface area contributed by atoms with Gasteiger partial charge in [0.05, 0.1) is 522 Å². The van der Waals surface area contributed by atoms with E-state index >= 15 is 0 Å². The van der Waals surface area contributed by atoms with Crippen LogP contribution in [-0.4, -0.2) is 534 Å². The van der Waals surface area contributed by atoms with Gasteiger partial charge in [-0.2, -0.15) is 0 Å². The predicted octanol–water partition coefficient (Wildman–Crippen LogP) is 4.42. The summed E-state index contributed by atoms with van der Waals surface area (Å²) in [6.45, 7) is 49.2. The topological polar surface area (TPSA) is 389 Å². The Balaban J connectivity index is 1.59. The second-order valence-electron chi connectivity index (χ2n) is 30.6. The van der Waals surface area contributed by atoms with Gasteiger partial charge in [-0.15, -0.1) is 0 Å². The fourth-order valence-electron chi connectivity index (χ4n) is 11.2. The molecule has 135 heavy (non-hydrogen) atoms. The minimum atomic E-state index is 0.0147. The van der Waals surface area contributed by atoms with Crippen LogP contribution in [0.2, 0.25) is 0 Å². The van der Waals surface area contributed by atoms with Crippen molar-refractivity contribution >= 4 is 0 Å². The molecule has 0 amide bonds. The predicted molar refractivity (Wildman–Crippen MR) is 498 cm³/mol. The van der Waals surface area contributed by atoms with Crippen LogP contribution in [0.15, 0.2) is 24.3 Å². The van der Waals surface area contributed by atoms with Crippen LogP contribution in [0, 0.1) is 5.41 Å². The maximum absolute atomic E-state index is 8.63. The van der Waals surface area contributed by atoms with Gasteiger partial charge in [-0.25, -0.2) is 0 Å². The van der Waals surface area contributed by atoms with Crippen molar-refractivity contribution in [3.63, 3.8) is 0 Å². The van der Waals surface area contributed by atoms with E-state index in [2.05, 4.69) is 46.8 Å². The van der Waals surface area contributed by atoms with Crippen LogP contribution in [0.3, 0.4) is 0 Å². The maximum atomic E-state index is 8.63. The molecule has 0 aromatic heterocycles. The zero-order chi connectivity index (χ0) is 96.5. The van der Waals surface area contributed by atoms with Crippen molar-refractivity contribution in [3.05, 3.63) is 29.8 Å². The molecule has 1 aromatic carbocycles. The Kier molecular flexibility index (Phi) is 110. The van der Waals surface area contributed by atoms with Gasteiger partial charge in [0.25, 0.3) is 0 Å². The zero-order valence-electron chi connectivity index (χ0n) is 83.4. The van der Waals surface area contributed by atoms with Crippen molar-refractivity contribution in [2.45, 2.75) is 46.5 Å². The second-order valence-corrected chi connectivity index (χ2v) is 30.6. The Morgan fingerprint density at radius 2 is 0.237 bits per heavy atom. The number of aliphatic hydroxyl groups excluding tert-OH is 1. The molecule has 0 saturated heterocycles. The van der Waals surface area contributed by atoms with E-state index in [4.69, 9.17) is 195 Å². The molecule has 0 heterocycles. The molecule has 1 N–H and O–H groups in total. The van der Waals surface area contributed by atoms with Crippen LogP contribution < -0.4 is 4.74 Å². The summed E-state index contributed by atoms with van der Waals surface area (Å²) in [6, 6.07) is 8.41. The number of aliphatic hydroxyl groups is 1. The Bertz CT molecular complexity index is 2230. The van der Waals surface area contributed by atoms with Gasteiger partial charge in [0.1, 0.15) is 12.4 Å². The van der Waals surface area contributed by atoms with Gasteiger partial charge in [-0.1, -0.05) is 46.8 Å². The SMILES string of the molecule is CC(C)(C)CC(C)(C)c1ccc(OCCOCCOCCOCCOCCOCCOCCOCCOCCOCCOCCOCCOCCOCCOCCOCCOCCOCCOCCOCCOCCOCCOCCOCCOCCOCCOCCOCCOCCOCCOCCOCCOCCOCCOCCOCCOCCOCCOCCOCCO)cc1. The van der Waals surface area contributed by atoms with Crippen molar-refractivity contribution in [1.82, 2.24) is 0 Å². The molecule has 1 rings (SSSR count). The lowest BCUT2D eigenvalue weighted by atomic mass is 9.72. The number of hydrogen-bond donors (Lipinski definition) is 1. The summed E-state index contributed by atoms with van der Waals surface area (Å²) < 4.78 is 221. The summed E-state index contributed by atoms with van der Waals surface area (Å²) in [6.07, 6.45) is 1.11. The highest BCUT2D eigenvalue weighted by Crippen LogP contribution is 2.36. The van der Waals surface area contributed by atoms with Crippen LogP contribution >= 0.6 is 0 Å². The highest BCUT2D eigenvalue weighted by atomic mass is 16.6. The van der Waals surface area contributed by atoms with E-state index in [1.807, 2.05) is 12.1 Å². The number of rotatable bonds is 122. The Labute approximate surface area is 807 Å². The van der Waals surface area contributed by atoms with Gasteiger partial charge in [0.2, 0.25) is 0 Å². The van der Waals surface area contributed by atoms with Crippen LogP contribution in [0.4, 0.5) is 0 Å². The first kappa shape index (κ1) is 130. The van der Waals surface area contributed by atoms with Crippen molar-refractivity contribution in [3.8, 4) is 5.75 Å². The number of benzene rings is 1. The fraction of sp³-hybridized carbons (Fsp3) is 0.936. The Morgan fingerprint density at radius 1 is 0.141 bits per heavy atom. The number of ether oxygens (including phenoxy) is 40. The first-order chi connectivity index (χ1) is 66.7. The normalized spacial score (nSPS) is 12.1. The summed E-state index contributed by atoms with van der Waals surface area (Å²) in [5, 5.41) is 8.63. The quantitative estimate of drug-likeness (QED) is 0.0882. The summed E-state index contributed by atoms with van der Waals surface area (Å²) in [5.74, 6) is 0.852. The standard InChI is InChI=1S/C94H182O41/c1-93(2,3)90-94(4,5)91-6-8-92(9-7-91)135-89-88-134-87-86-133-85-84-132-83-82-131-81-80-130-79-78-129-77-76-128-75-74-127-73-72-126-71-70-125-69-68-124-67-66-123-65-64-122-63-62-121-61-60-120-59-58-119-57-56-118-55-54-117-53-52-116-51-50-115-49-48-114-47-46-113-45-44-112-43-42-111-41-40-110-39-38-109-37-36-108-35-34-107-33-32-106-31-30-105-29-28-104-27-26-103-25-24-102-23-22-101-21-20-100-19-18-99-17-16-98-15-14-97-13-12-96-11-10-95/h6-9,95H,10-90H2,1-5H3. The summed E-state index contributed by atoms with van der Waals surface area (Å²) in [4.78, 5) is 0. The van der Waals surface area contributed by atoms with E-state index in [0.29, 0.717) is 522 Å². The smallest absolute Gasteiger partial charge is 0.119 e. The van der Waals surface area contributed by atoms with E-state index in [1.165, 1.54) is 5.56 Å². The molecule has 41 nitrogen and oxygen atoms in total. The highest BCUT2D eigenvalue weighted by Gasteiger charge is 2.27. The molecule has 1 aromatic rings. The minimum absolute atomic E-state index is 0.0147. The molecule has 0 saturated carbocycles. The minimum Gasteiger partial charge on any atom is -0.491 e. The van der Waals surface area contributed by atoms with Crippen molar-refractivity contribution < 1.29 is 195 Å². The van der Waals surface area contributed by atoms with Crippen LogP contribution in [-0.2, 0) is 190 Å².